The van der Waals surface area contributed by atoms with Crippen molar-refractivity contribution in [3.8, 4) is 11.5 Å². The number of alkyl halides is 3. The average molecular weight is 285 g/mol. The predicted octanol–water partition coefficient (Wildman–Crippen LogP) is 3.75. The maximum atomic E-state index is 12.0. The summed E-state index contributed by atoms with van der Waals surface area (Å²) < 4.78 is 45.2. The van der Waals surface area contributed by atoms with Crippen molar-refractivity contribution in [1.29, 1.82) is 0 Å². The van der Waals surface area contributed by atoms with Gasteiger partial charge in [-0.15, -0.1) is 13.2 Å². The van der Waals surface area contributed by atoms with E-state index in [1.165, 1.54) is 12.1 Å². The Morgan fingerprint density at radius 3 is 2.53 bits per heavy atom. The second-order valence-electron chi connectivity index (χ2n) is 2.55. The van der Waals surface area contributed by atoms with Gasteiger partial charge in [0, 0.05) is 0 Å². The summed E-state index contributed by atoms with van der Waals surface area (Å²) in [7, 11) is 0. The van der Waals surface area contributed by atoms with Crippen molar-refractivity contribution in [2.24, 2.45) is 0 Å². The molecule has 15 heavy (non-hydrogen) atoms. The number of rotatable bonds is 3. The lowest BCUT2D eigenvalue weighted by molar-refractivity contribution is -0.275. The van der Waals surface area contributed by atoms with Crippen LogP contribution in [-0.2, 0) is 0 Å². The molecule has 0 N–H and O–H groups in total. The fraction of sp³-hybridized carbons (Fsp3) is 0.333. The molecule has 0 aliphatic carbocycles. The van der Waals surface area contributed by atoms with Gasteiger partial charge in [-0.05, 0) is 35.0 Å². The highest BCUT2D eigenvalue weighted by Gasteiger charge is 2.33. The van der Waals surface area contributed by atoms with Crippen LogP contribution in [0.1, 0.15) is 6.92 Å². The van der Waals surface area contributed by atoms with Gasteiger partial charge in [0.05, 0.1) is 11.1 Å². The van der Waals surface area contributed by atoms with Crippen LogP contribution in [0.4, 0.5) is 13.2 Å². The van der Waals surface area contributed by atoms with Crippen molar-refractivity contribution in [1.82, 2.24) is 0 Å². The molecule has 0 fully saturated rings. The molecular weight excluding hydrogens is 277 g/mol. The molecule has 1 aromatic carbocycles. The highest BCUT2D eigenvalue weighted by atomic mass is 79.9. The number of para-hydroxylation sites is 1. The molecule has 6 heteroatoms. The first-order valence-corrected chi connectivity index (χ1v) is 4.90. The summed E-state index contributed by atoms with van der Waals surface area (Å²) in [6.45, 7) is 1.95. The first-order chi connectivity index (χ1) is 6.94. The molecule has 0 aliphatic heterocycles. The van der Waals surface area contributed by atoms with Crippen LogP contribution < -0.4 is 9.47 Å². The van der Waals surface area contributed by atoms with Crippen LogP contribution in [0.3, 0.4) is 0 Å². The largest absolute Gasteiger partial charge is 0.573 e. The van der Waals surface area contributed by atoms with Gasteiger partial charge in [-0.3, -0.25) is 0 Å². The lowest BCUT2D eigenvalue weighted by Gasteiger charge is -2.14. The maximum Gasteiger partial charge on any atom is 0.573 e. The minimum absolute atomic E-state index is 0.0594. The zero-order valence-electron chi connectivity index (χ0n) is 7.77. The summed E-state index contributed by atoms with van der Waals surface area (Å²) >= 11 is 2.96. The monoisotopic (exact) mass is 284 g/mol. The van der Waals surface area contributed by atoms with Crippen molar-refractivity contribution in [2.45, 2.75) is 13.3 Å². The highest BCUT2D eigenvalue weighted by molar-refractivity contribution is 9.10. The topological polar surface area (TPSA) is 18.5 Å². The van der Waals surface area contributed by atoms with Crippen molar-refractivity contribution in [3.05, 3.63) is 22.7 Å². The van der Waals surface area contributed by atoms with Crippen LogP contribution in [0.5, 0.6) is 11.5 Å². The molecule has 0 amide bonds. The summed E-state index contributed by atoms with van der Waals surface area (Å²) in [6.07, 6.45) is -4.73. The molecule has 84 valence electrons. The van der Waals surface area contributed by atoms with Crippen LogP contribution in [0.15, 0.2) is 22.7 Å². The minimum Gasteiger partial charge on any atom is -0.490 e. The van der Waals surface area contributed by atoms with Gasteiger partial charge in [0.2, 0.25) is 0 Å². The summed E-state index contributed by atoms with van der Waals surface area (Å²) in [5.41, 5.74) is 0. The molecule has 0 bridgehead atoms. The second kappa shape index (κ2) is 4.74. The first kappa shape index (κ1) is 12.2. The summed E-state index contributed by atoms with van der Waals surface area (Å²) in [6, 6.07) is 4.43. The van der Waals surface area contributed by atoms with Crippen molar-refractivity contribution in [3.63, 3.8) is 0 Å². The number of benzene rings is 1. The van der Waals surface area contributed by atoms with Gasteiger partial charge in [0.25, 0.3) is 0 Å². The highest BCUT2D eigenvalue weighted by Crippen LogP contribution is 2.38. The first-order valence-electron chi connectivity index (χ1n) is 4.11. The fourth-order valence-corrected chi connectivity index (χ4v) is 1.40. The fourth-order valence-electron chi connectivity index (χ4n) is 0.973. The second-order valence-corrected chi connectivity index (χ2v) is 3.40. The van der Waals surface area contributed by atoms with Gasteiger partial charge < -0.3 is 9.47 Å². The van der Waals surface area contributed by atoms with E-state index in [1.807, 2.05) is 0 Å². The van der Waals surface area contributed by atoms with Crippen LogP contribution >= 0.6 is 15.9 Å². The van der Waals surface area contributed by atoms with Gasteiger partial charge in [-0.1, -0.05) is 6.07 Å². The quantitative estimate of drug-likeness (QED) is 0.842. The summed E-state index contributed by atoms with van der Waals surface area (Å²) in [5.74, 6) is -0.295. The number of ether oxygens (including phenoxy) is 2. The van der Waals surface area contributed by atoms with Gasteiger partial charge >= 0.3 is 6.36 Å². The molecule has 2 nitrogen and oxygen atoms in total. The standard InChI is InChI=1S/C9H8BrF3O2/c1-2-14-7-5-3-4-6(10)8(7)15-9(11,12)13/h3-5H,2H2,1H3. The van der Waals surface area contributed by atoms with E-state index < -0.39 is 6.36 Å². The molecule has 0 unspecified atom stereocenters. The smallest absolute Gasteiger partial charge is 0.490 e. The minimum atomic E-state index is -4.73. The Bertz CT molecular complexity index is 339. The van der Waals surface area contributed by atoms with E-state index in [2.05, 4.69) is 20.7 Å². The molecule has 1 rings (SSSR count). The number of halogens is 4. The van der Waals surface area contributed by atoms with Crippen LogP contribution in [-0.4, -0.2) is 13.0 Å². The van der Waals surface area contributed by atoms with Crippen LogP contribution in [0.2, 0.25) is 0 Å². The van der Waals surface area contributed by atoms with Crippen molar-refractivity contribution >= 4 is 15.9 Å². The van der Waals surface area contributed by atoms with Gasteiger partial charge in [0.1, 0.15) is 0 Å². The van der Waals surface area contributed by atoms with E-state index in [0.717, 1.165) is 0 Å². The molecule has 0 aliphatic rings. The lowest BCUT2D eigenvalue weighted by Crippen LogP contribution is -2.18. The Morgan fingerprint density at radius 1 is 1.33 bits per heavy atom. The molecule has 0 saturated carbocycles. The summed E-state index contributed by atoms with van der Waals surface area (Å²) in [5, 5.41) is 0. The Labute approximate surface area is 93.1 Å². The van der Waals surface area contributed by atoms with Gasteiger partial charge in [-0.25, -0.2) is 0 Å². The maximum absolute atomic E-state index is 12.0. The van der Waals surface area contributed by atoms with Crippen LogP contribution in [0.25, 0.3) is 0 Å². The Kier molecular flexibility index (Phi) is 3.84. The third-order valence-corrected chi connectivity index (χ3v) is 2.07. The van der Waals surface area contributed by atoms with E-state index in [1.54, 1.807) is 13.0 Å². The molecule has 0 saturated heterocycles. The normalized spacial score (nSPS) is 11.3. The third kappa shape index (κ3) is 3.62. The molecule has 0 heterocycles. The Morgan fingerprint density at radius 2 is 2.00 bits per heavy atom. The number of hydrogen-bond acceptors (Lipinski definition) is 2. The van der Waals surface area contributed by atoms with Crippen LogP contribution in [0, 0.1) is 0 Å². The molecule has 0 aromatic heterocycles. The van der Waals surface area contributed by atoms with E-state index in [0.29, 0.717) is 0 Å². The molecule has 0 radical (unpaired) electrons. The molecule has 0 spiro atoms. The van der Waals surface area contributed by atoms with Crippen molar-refractivity contribution < 1.29 is 22.6 Å². The summed E-state index contributed by atoms with van der Waals surface area (Å²) in [4.78, 5) is 0. The van der Waals surface area contributed by atoms with E-state index in [4.69, 9.17) is 4.74 Å². The lowest BCUT2D eigenvalue weighted by atomic mass is 10.3. The van der Waals surface area contributed by atoms with E-state index in [9.17, 15) is 13.2 Å². The Hall–Kier alpha value is -0.910. The van der Waals surface area contributed by atoms with Crippen molar-refractivity contribution in [2.75, 3.05) is 6.61 Å². The van der Waals surface area contributed by atoms with Gasteiger partial charge in [0.15, 0.2) is 11.5 Å². The van der Waals surface area contributed by atoms with E-state index in [-0.39, 0.29) is 22.6 Å². The molecular formula is C9H8BrF3O2. The number of hydrogen-bond donors (Lipinski definition) is 0. The zero-order chi connectivity index (χ0) is 11.5. The molecule has 0 atom stereocenters. The third-order valence-electron chi connectivity index (χ3n) is 1.45. The Balaban J connectivity index is 3.02. The molecule has 1 aromatic rings. The van der Waals surface area contributed by atoms with E-state index >= 15 is 0 Å². The van der Waals surface area contributed by atoms with Gasteiger partial charge in [-0.2, -0.15) is 0 Å². The SMILES string of the molecule is CCOc1cccc(Br)c1OC(F)(F)F. The average Bonchev–Trinajstić information content (AvgIpc) is 2.10. The zero-order valence-corrected chi connectivity index (χ0v) is 9.35. The predicted molar refractivity (Wildman–Crippen MR) is 52.0 cm³/mol.